The molecule has 0 radical (unpaired) electrons. The van der Waals surface area contributed by atoms with Gasteiger partial charge in [-0.3, -0.25) is 4.79 Å². The number of cyclic esters (lactones) is 1. The monoisotopic (exact) mass is 413 g/mol. The zero-order chi connectivity index (χ0) is 21.7. The molecule has 2 aromatic rings. The van der Waals surface area contributed by atoms with Gasteiger partial charge in [0.15, 0.2) is 0 Å². The molecule has 1 aliphatic heterocycles. The van der Waals surface area contributed by atoms with Gasteiger partial charge in [-0.25, -0.2) is 4.79 Å². The fraction of sp³-hybridized carbons (Fsp3) is 0.391. The molecular weight excluding hydrogens is 386 g/mol. The number of esters is 1. The van der Waals surface area contributed by atoms with Crippen LogP contribution in [0, 0.1) is 6.92 Å². The van der Waals surface area contributed by atoms with Gasteiger partial charge in [0.25, 0.3) is 0 Å². The van der Waals surface area contributed by atoms with Crippen LogP contribution in [0.4, 0.5) is 0 Å². The van der Waals surface area contributed by atoms with Crippen LogP contribution < -0.4 is 14.8 Å². The molecule has 0 aliphatic carbocycles. The summed E-state index contributed by atoms with van der Waals surface area (Å²) in [5.74, 6) is 1.51. The molecule has 1 aromatic carbocycles. The Balaban J connectivity index is 1.68. The first-order valence-corrected chi connectivity index (χ1v) is 9.84. The van der Waals surface area contributed by atoms with E-state index < -0.39 is 0 Å². The number of rotatable bonds is 9. The molecule has 30 heavy (non-hydrogen) atoms. The average molecular weight is 413 g/mol. The summed E-state index contributed by atoms with van der Waals surface area (Å²) in [6.07, 6.45) is 5.14. The molecule has 1 amide bonds. The van der Waals surface area contributed by atoms with Gasteiger partial charge >= 0.3 is 5.97 Å². The van der Waals surface area contributed by atoms with E-state index in [9.17, 15) is 9.59 Å². The molecule has 1 aromatic heterocycles. The number of hydrogen-bond donors (Lipinski definition) is 1. The minimum atomic E-state index is -0.372. The first-order valence-electron chi connectivity index (χ1n) is 9.84. The highest BCUT2D eigenvalue weighted by Gasteiger charge is 2.32. The Kier molecular flexibility index (Phi) is 6.82. The molecule has 0 spiro atoms. The van der Waals surface area contributed by atoms with Gasteiger partial charge in [-0.1, -0.05) is 11.6 Å². The molecule has 1 N–H and O–H groups in total. The fourth-order valence-corrected chi connectivity index (χ4v) is 3.61. The van der Waals surface area contributed by atoms with Crippen molar-refractivity contribution in [3.05, 3.63) is 58.1 Å². The summed E-state index contributed by atoms with van der Waals surface area (Å²) in [4.78, 5) is 24.3. The van der Waals surface area contributed by atoms with E-state index >= 15 is 0 Å². The highest BCUT2D eigenvalue weighted by molar-refractivity contribution is 5.98. The second-order valence-electron chi connectivity index (χ2n) is 7.21. The second kappa shape index (κ2) is 9.52. The van der Waals surface area contributed by atoms with Crippen molar-refractivity contribution < 1.29 is 28.2 Å². The number of carbonyl (C=O) groups excluding carboxylic acids is 2. The normalized spacial score (nSPS) is 13.1. The van der Waals surface area contributed by atoms with Gasteiger partial charge in [-0.05, 0) is 44.4 Å². The summed E-state index contributed by atoms with van der Waals surface area (Å²) >= 11 is 0. The predicted molar refractivity (Wildman–Crippen MR) is 111 cm³/mol. The third kappa shape index (κ3) is 4.50. The van der Waals surface area contributed by atoms with Crippen molar-refractivity contribution >= 4 is 11.9 Å². The molecule has 0 fully saturated rings. The highest BCUT2D eigenvalue weighted by Crippen LogP contribution is 2.42. The number of benzene rings is 1. The lowest BCUT2D eigenvalue weighted by Gasteiger charge is -2.18. The number of furan rings is 1. The lowest BCUT2D eigenvalue weighted by Crippen LogP contribution is -2.22. The topological polar surface area (TPSA) is 87.0 Å². The maximum atomic E-state index is 12.2. The third-order valence-corrected chi connectivity index (χ3v) is 5.27. The maximum absolute atomic E-state index is 12.2. The summed E-state index contributed by atoms with van der Waals surface area (Å²) in [6, 6.07) is 3.61. The molecule has 7 nitrogen and oxygen atoms in total. The predicted octanol–water partition coefficient (Wildman–Crippen LogP) is 3.86. The van der Waals surface area contributed by atoms with E-state index in [-0.39, 0.29) is 18.5 Å². The van der Waals surface area contributed by atoms with Crippen LogP contribution in [0.5, 0.6) is 11.5 Å². The van der Waals surface area contributed by atoms with Crippen molar-refractivity contribution in [2.45, 2.75) is 46.3 Å². The number of amides is 1. The number of carbonyl (C=O) groups is 2. The summed E-state index contributed by atoms with van der Waals surface area (Å²) in [6.45, 7) is 4.51. The van der Waals surface area contributed by atoms with Gasteiger partial charge < -0.3 is 23.9 Å². The zero-order valence-corrected chi connectivity index (χ0v) is 17.8. The van der Waals surface area contributed by atoms with Gasteiger partial charge in [-0.2, -0.15) is 0 Å². The molecule has 7 heteroatoms. The number of methoxy groups -OCH3 is 2. The van der Waals surface area contributed by atoms with Crippen LogP contribution in [0.2, 0.25) is 0 Å². The maximum Gasteiger partial charge on any atom is 0.342 e. The van der Waals surface area contributed by atoms with Gasteiger partial charge in [0.1, 0.15) is 29.4 Å². The second-order valence-corrected chi connectivity index (χ2v) is 7.21. The Bertz CT molecular complexity index is 959. The van der Waals surface area contributed by atoms with Gasteiger partial charge in [0, 0.05) is 17.5 Å². The van der Waals surface area contributed by atoms with Gasteiger partial charge in [0.2, 0.25) is 5.91 Å². The lowest BCUT2D eigenvalue weighted by molar-refractivity contribution is -0.121. The Labute approximate surface area is 176 Å². The van der Waals surface area contributed by atoms with Crippen LogP contribution in [0.3, 0.4) is 0 Å². The van der Waals surface area contributed by atoms with Crippen molar-refractivity contribution in [3.63, 3.8) is 0 Å². The molecule has 0 unspecified atom stereocenters. The van der Waals surface area contributed by atoms with Crippen LogP contribution in [0.1, 0.15) is 52.6 Å². The first kappa shape index (κ1) is 21.5. The molecule has 160 valence electrons. The van der Waals surface area contributed by atoms with E-state index in [1.165, 1.54) is 0 Å². The Morgan fingerprint density at radius 2 is 2.00 bits per heavy atom. The van der Waals surface area contributed by atoms with Crippen LogP contribution in [0.15, 0.2) is 34.5 Å². The SMILES string of the molecule is COc1c(C)c2c(c(OC)c1CC=C(C)CCC(=O)NCc1ccco1)C(=O)OC2. The zero-order valence-electron chi connectivity index (χ0n) is 17.8. The van der Waals surface area contributed by atoms with Crippen molar-refractivity contribution in [2.24, 2.45) is 0 Å². The Morgan fingerprint density at radius 1 is 1.23 bits per heavy atom. The summed E-state index contributed by atoms with van der Waals surface area (Å²) in [5.41, 5.74) is 4.04. The van der Waals surface area contributed by atoms with Crippen molar-refractivity contribution in [1.29, 1.82) is 0 Å². The number of allylic oxidation sites excluding steroid dienone is 2. The van der Waals surface area contributed by atoms with E-state index in [1.54, 1.807) is 26.5 Å². The van der Waals surface area contributed by atoms with E-state index in [1.807, 2.05) is 26.0 Å². The van der Waals surface area contributed by atoms with E-state index in [0.717, 1.165) is 28.0 Å². The number of ether oxygens (including phenoxy) is 3. The van der Waals surface area contributed by atoms with Crippen LogP contribution in [0.25, 0.3) is 0 Å². The quantitative estimate of drug-likeness (QED) is 0.496. The van der Waals surface area contributed by atoms with Crippen LogP contribution in [-0.2, 0) is 29.1 Å². The van der Waals surface area contributed by atoms with E-state index in [4.69, 9.17) is 18.6 Å². The largest absolute Gasteiger partial charge is 0.496 e. The summed E-state index contributed by atoms with van der Waals surface area (Å²) in [5, 5.41) is 2.84. The average Bonchev–Trinajstić information content (AvgIpc) is 3.39. The van der Waals surface area contributed by atoms with Crippen molar-refractivity contribution in [3.8, 4) is 11.5 Å². The van der Waals surface area contributed by atoms with Crippen LogP contribution >= 0.6 is 0 Å². The minimum Gasteiger partial charge on any atom is -0.496 e. The molecule has 1 aliphatic rings. The Hall–Kier alpha value is -3.22. The first-order chi connectivity index (χ1) is 14.5. The molecule has 0 bridgehead atoms. The molecule has 0 atom stereocenters. The van der Waals surface area contributed by atoms with Gasteiger partial charge in [-0.15, -0.1) is 0 Å². The van der Waals surface area contributed by atoms with Crippen LogP contribution in [-0.4, -0.2) is 26.1 Å². The van der Waals surface area contributed by atoms with Crippen molar-refractivity contribution in [1.82, 2.24) is 5.32 Å². The molecule has 0 saturated carbocycles. The third-order valence-electron chi connectivity index (χ3n) is 5.27. The van der Waals surface area contributed by atoms with E-state index in [0.29, 0.717) is 42.9 Å². The molecule has 0 saturated heterocycles. The lowest BCUT2D eigenvalue weighted by atomic mass is 9.94. The molecule has 3 rings (SSSR count). The van der Waals surface area contributed by atoms with Crippen molar-refractivity contribution in [2.75, 3.05) is 14.2 Å². The number of hydrogen-bond acceptors (Lipinski definition) is 6. The van der Waals surface area contributed by atoms with E-state index in [2.05, 4.69) is 5.32 Å². The standard InChI is InChI=1S/C23H27NO6/c1-14(8-10-19(25)24-12-16-6-5-11-29-16)7-9-17-21(27-3)15(2)18-13-30-23(26)20(18)22(17)28-4/h5-7,11H,8-10,12-13H2,1-4H3,(H,24,25). The molecular formula is C23H27NO6. The number of nitrogens with one attached hydrogen (secondary N) is 1. The molecule has 2 heterocycles. The van der Waals surface area contributed by atoms with Gasteiger partial charge in [0.05, 0.1) is 27.0 Å². The smallest absolute Gasteiger partial charge is 0.342 e. The number of fused-ring (bicyclic) bond motifs is 1. The minimum absolute atomic E-state index is 0.0366. The summed E-state index contributed by atoms with van der Waals surface area (Å²) < 4.78 is 21.6. The highest BCUT2D eigenvalue weighted by atomic mass is 16.5. The Morgan fingerprint density at radius 3 is 2.67 bits per heavy atom. The summed E-state index contributed by atoms with van der Waals surface area (Å²) in [7, 11) is 3.15. The fourth-order valence-electron chi connectivity index (χ4n) is 3.61.